The molecule has 2 aromatic rings. The quantitative estimate of drug-likeness (QED) is 0.748. The first kappa shape index (κ1) is 16.7. The molecule has 1 heterocycles. The summed E-state index contributed by atoms with van der Waals surface area (Å²) >= 11 is 0. The van der Waals surface area contributed by atoms with E-state index in [4.69, 9.17) is 4.74 Å². The lowest BCUT2D eigenvalue weighted by Gasteiger charge is -2.13. The molecular formula is C16H20N4O3. The van der Waals surface area contributed by atoms with Crippen LogP contribution in [-0.2, 0) is 4.79 Å². The highest BCUT2D eigenvalue weighted by Gasteiger charge is 2.09. The summed E-state index contributed by atoms with van der Waals surface area (Å²) in [5.74, 6) is 0.416. The minimum Gasteiger partial charge on any atom is -0.484 e. The Bertz CT molecular complexity index is 638. The minimum atomic E-state index is -0.217. The van der Waals surface area contributed by atoms with Gasteiger partial charge in [-0.25, -0.2) is 9.67 Å². The smallest absolute Gasteiger partial charge is 0.258 e. The lowest BCUT2D eigenvalue weighted by Crippen LogP contribution is -2.33. The molecule has 0 aliphatic carbocycles. The van der Waals surface area contributed by atoms with Gasteiger partial charge in [0, 0.05) is 18.5 Å². The van der Waals surface area contributed by atoms with Crippen molar-refractivity contribution >= 4 is 11.7 Å². The summed E-state index contributed by atoms with van der Waals surface area (Å²) < 4.78 is 7.07. The van der Waals surface area contributed by atoms with Gasteiger partial charge in [0.25, 0.3) is 5.91 Å². The minimum absolute atomic E-state index is 0.0146. The third kappa shape index (κ3) is 4.91. The Morgan fingerprint density at radius 1 is 1.30 bits per heavy atom. The zero-order valence-electron chi connectivity index (χ0n) is 13.2. The Labute approximate surface area is 134 Å². The molecule has 7 heteroatoms. The second-order valence-corrected chi connectivity index (χ2v) is 5.12. The number of carbonyl (C=O) groups excluding carboxylic acids is 2. The highest BCUT2D eigenvalue weighted by molar-refractivity contribution is 5.95. The van der Waals surface area contributed by atoms with Gasteiger partial charge in [0.2, 0.25) is 0 Å². The van der Waals surface area contributed by atoms with Gasteiger partial charge in [-0.15, -0.1) is 0 Å². The summed E-state index contributed by atoms with van der Waals surface area (Å²) in [6, 6.07) is 6.79. The van der Waals surface area contributed by atoms with E-state index in [2.05, 4.69) is 15.4 Å². The molecule has 0 fully saturated rings. The number of hydrogen-bond acceptors (Lipinski definition) is 5. The summed E-state index contributed by atoms with van der Waals surface area (Å²) in [5, 5.41) is 6.79. The third-order valence-corrected chi connectivity index (χ3v) is 3.35. The van der Waals surface area contributed by atoms with Crippen LogP contribution in [0.4, 0.5) is 0 Å². The second kappa shape index (κ2) is 8.07. The maximum Gasteiger partial charge on any atom is 0.258 e. The number of carbonyl (C=O) groups is 2. The van der Waals surface area contributed by atoms with Crippen molar-refractivity contribution in [2.45, 2.75) is 26.3 Å². The summed E-state index contributed by atoms with van der Waals surface area (Å²) in [5.41, 5.74) is 0.644. The average Bonchev–Trinajstić information content (AvgIpc) is 3.12. The van der Waals surface area contributed by atoms with Crippen molar-refractivity contribution in [3.8, 4) is 5.75 Å². The molecule has 2 rings (SSSR count). The number of ether oxygens (including phenoxy) is 1. The molecule has 0 aliphatic heterocycles. The molecule has 1 atom stereocenters. The number of Topliss-reactive ketones (excluding diaryl/α,β-unsaturated/α-hetero) is 1. The van der Waals surface area contributed by atoms with Crippen molar-refractivity contribution in [1.82, 2.24) is 20.1 Å². The number of benzene rings is 1. The van der Waals surface area contributed by atoms with E-state index in [0.717, 1.165) is 0 Å². The van der Waals surface area contributed by atoms with Crippen molar-refractivity contribution in [2.75, 3.05) is 13.2 Å². The number of amides is 1. The van der Waals surface area contributed by atoms with Crippen LogP contribution in [0.5, 0.6) is 5.75 Å². The van der Waals surface area contributed by atoms with Gasteiger partial charge in [0.15, 0.2) is 12.4 Å². The Hall–Kier alpha value is -2.70. The SMILES string of the molecule is CCC(=O)c1ccc(OCC(=O)NC[C@H](C)n2cncn2)cc1. The Morgan fingerprint density at radius 3 is 2.65 bits per heavy atom. The first-order valence-corrected chi connectivity index (χ1v) is 7.47. The lowest BCUT2D eigenvalue weighted by molar-refractivity contribution is -0.123. The molecule has 0 bridgehead atoms. The largest absolute Gasteiger partial charge is 0.484 e. The van der Waals surface area contributed by atoms with Gasteiger partial charge >= 0.3 is 0 Å². The second-order valence-electron chi connectivity index (χ2n) is 5.12. The van der Waals surface area contributed by atoms with E-state index >= 15 is 0 Å². The Kier molecular flexibility index (Phi) is 5.85. The van der Waals surface area contributed by atoms with Gasteiger partial charge in [0.05, 0.1) is 6.04 Å². The van der Waals surface area contributed by atoms with Crippen LogP contribution in [-0.4, -0.2) is 39.6 Å². The molecule has 1 N–H and O–H groups in total. The number of nitrogens with zero attached hydrogens (tertiary/aromatic N) is 3. The van der Waals surface area contributed by atoms with E-state index < -0.39 is 0 Å². The maximum absolute atomic E-state index is 11.8. The number of aromatic nitrogens is 3. The van der Waals surface area contributed by atoms with Crippen molar-refractivity contribution in [2.24, 2.45) is 0 Å². The van der Waals surface area contributed by atoms with Crippen molar-refractivity contribution < 1.29 is 14.3 Å². The van der Waals surface area contributed by atoms with Crippen LogP contribution in [0.3, 0.4) is 0 Å². The maximum atomic E-state index is 11.8. The molecule has 122 valence electrons. The van der Waals surface area contributed by atoms with Gasteiger partial charge in [0.1, 0.15) is 18.4 Å². The molecule has 0 aliphatic rings. The molecule has 7 nitrogen and oxygen atoms in total. The van der Waals surface area contributed by atoms with Crippen LogP contribution >= 0.6 is 0 Å². The third-order valence-electron chi connectivity index (χ3n) is 3.35. The Morgan fingerprint density at radius 2 is 2.04 bits per heavy atom. The summed E-state index contributed by atoms with van der Waals surface area (Å²) in [6.45, 7) is 4.11. The van der Waals surface area contributed by atoms with Gasteiger partial charge in [-0.05, 0) is 31.2 Å². The molecule has 1 aromatic heterocycles. The first-order valence-electron chi connectivity index (χ1n) is 7.47. The molecule has 0 spiro atoms. The van der Waals surface area contributed by atoms with E-state index in [0.29, 0.717) is 24.3 Å². The summed E-state index contributed by atoms with van der Waals surface area (Å²) in [4.78, 5) is 27.2. The predicted octanol–water partition coefficient (Wildman–Crippen LogP) is 1.63. The van der Waals surface area contributed by atoms with Crippen LogP contribution in [0.15, 0.2) is 36.9 Å². The topological polar surface area (TPSA) is 86.1 Å². The molecule has 0 saturated heterocycles. The normalized spacial score (nSPS) is 11.7. The molecule has 0 radical (unpaired) electrons. The molecule has 1 amide bonds. The highest BCUT2D eigenvalue weighted by atomic mass is 16.5. The highest BCUT2D eigenvalue weighted by Crippen LogP contribution is 2.13. The van der Waals surface area contributed by atoms with Gasteiger partial charge < -0.3 is 10.1 Å². The number of hydrogen-bond donors (Lipinski definition) is 1. The van der Waals surface area contributed by atoms with Crippen LogP contribution in [0.25, 0.3) is 0 Å². The van der Waals surface area contributed by atoms with Crippen molar-refractivity contribution in [3.63, 3.8) is 0 Å². The van der Waals surface area contributed by atoms with Gasteiger partial charge in [-0.1, -0.05) is 6.92 Å². The molecule has 0 unspecified atom stereocenters. The van der Waals surface area contributed by atoms with Crippen LogP contribution < -0.4 is 10.1 Å². The number of nitrogens with one attached hydrogen (secondary N) is 1. The standard InChI is InChI=1S/C16H20N4O3/c1-3-15(21)13-4-6-14(7-5-13)23-9-16(22)18-8-12(2)20-11-17-10-19-20/h4-7,10-12H,3,8-9H2,1-2H3,(H,18,22)/t12-/m0/s1. The van der Waals surface area contributed by atoms with Gasteiger partial charge in [-0.3, -0.25) is 9.59 Å². The zero-order chi connectivity index (χ0) is 16.7. The lowest BCUT2D eigenvalue weighted by atomic mass is 10.1. The van der Waals surface area contributed by atoms with Crippen LogP contribution in [0.1, 0.15) is 36.7 Å². The van der Waals surface area contributed by atoms with E-state index in [1.807, 2.05) is 13.8 Å². The van der Waals surface area contributed by atoms with Gasteiger partial charge in [-0.2, -0.15) is 5.10 Å². The van der Waals surface area contributed by atoms with Crippen molar-refractivity contribution in [3.05, 3.63) is 42.5 Å². The van der Waals surface area contributed by atoms with Crippen molar-refractivity contribution in [1.29, 1.82) is 0 Å². The molecule has 23 heavy (non-hydrogen) atoms. The van der Waals surface area contributed by atoms with E-state index in [-0.39, 0.29) is 24.3 Å². The number of ketones is 1. The summed E-state index contributed by atoms with van der Waals surface area (Å²) in [6.07, 6.45) is 3.52. The first-order chi connectivity index (χ1) is 11.1. The van der Waals surface area contributed by atoms with Crippen LogP contribution in [0, 0.1) is 0 Å². The fourth-order valence-electron chi connectivity index (χ4n) is 1.94. The fraction of sp³-hybridized carbons (Fsp3) is 0.375. The monoisotopic (exact) mass is 316 g/mol. The predicted molar refractivity (Wildman–Crippen MR) is 84.3 cm³/mol. The van der Waals surface area contributed by atoms with E-state index in [1.54, 1.807) is 35.3 Å². The van der Waals surface area contributed by atoms with E-state index in [9.17, 15) is 9.59 Å². The molecule has 1 aromatic carbocycles. The molecular weight excluding hydrogens is 296 g/mol. The number of rotatable bonds is 8. The fourth-order valence-corrected chi connectivity index (χ4v) is 1.94. The molecule has 0 saturated carbocycles. The van der Waals surface area contributed by atoms with E-state index in [1.165, 1.54) is 6.33 Å². The average molecular weight is 316 g/mol. The van der Waals surface area contributed by atoms with Crippen LogP contribution in [0.2, 0.25) is 0 Å². The summed E-state index contributed by atoms with van der Waals surface area (Å²) in [7, 11) is 0. The zero-order valence-corrected chi connectivity index (χ0v) is 13.2. The Balaban J connectivity index is 1.75.